The van der Waals surface area contributed by atoms with E-state index in [4.69, 9.17) is 0 Å². The molecule has 0 aromatic carbocycles. The van der Waals surface area contributed by atoms with Gasteiger partial charge in [-0.2, -0.15) is 0 Å². The van der Waals surface area contributed by atoms with E-state index in [1.807, 2.05) is 6.20 Å². The third-order valence-corrected chi connectivity index (χ3v) is 4.18. The van der Waals surface area contributed by atoms with Crippen molar-refractivity contribution >= 4 is 5.69 Å². The van der Waals surface area contributed by atoms with Gasteiger partial charge in [0.25, 0.3) is 0 Å². The van der Waals surface area contributed by atoms with Gasteiger partial charge in [-0.15, -0.1) is 0 Å². The number of aryl methyl sites for hydroxylation is 1. The minimum absolute atomic E-state index is 0.0911. The van der Waals surface area contributed by atoms with Crippen LogP contribution in [0.5, 0.6) is 0 Å². The van der Waals surface area contributed by atoms with Crippen LogP contribution in [0.3, 0.4) is 0 Å². The van der Waals surface area contributed by atoms with Crippen LogP contribution < -0.4 is 4.90 Å². The Morgan fingerprint density at radius 2 is 2.00 bits per heavy atom. The highest BCUT2D eigenvalue weighted by Crippen LogP contribution is 2.38. The zero-order chi connectivity index (χ0) is 11.8. The Kier molecular flexibility index (Phi) is 2.79. The summed E-state index contributed by atoms with van der Waals surface area (Å²) in [6.07, 6.45) is 7.19. The van der Waals surface area contributed by atoms with Gasteiger partial charge in [-0.1, -0.05) is 6.92 Å². The summed E-state index contributed by atoms with van der Waals surface area (Å²) in [5.74, 6) is 0. The van der Waals surface area contributed by atoms with Crippen molar-refractivity contribution in [1.29, 1.82) is 0 Å². The summed E-state index contributed by atoms with van der Waals surface area (Å²) >= 11 is 0. The molecule has 2 saturated heterocycles. The summed E-state index contributed by atoms with van der Waals surface area (Å²) in [6.45, 7) is 2.13. The molecule has 1 N–H and O–H groups in total. The van der Waals surface area contributed by atoms with Crippen LogP contribution in [0, 0.1) is 0 Å². The number of aliphatic hydroxyl groups excluding tert-OH is 1. The third kappa shape index (κ3) is 1.93. The standard InChI is InChI=1S/C14H20N2O/c1-2-10-3-4-13(9-15-10)16-11-5-6-12(16)8-14(17)7-11/h3-4,9,11-12,14,17H,2,5-8H2,1H3/t11-,12+,14-. The molecule has 92 valence electrons. The van der Waals surface area contributed by atoms with E-state index in [1.165, 1.54) is 18.5 Å². The number of aliphatic hydroxyl groups is 1. The Labute approximate surface area is 102 Å². The molecule has 17 heavy (non-hydrogen) atoms. The highest BCUT2D eigenvalue weighted by molar-refractivity contribution is 5.49. The average molecular weight is 232 g/mol. The quantitative estimate of drug-likeness (QED) is 0.848. The first kappa shape index (κ1) is 11.0. The first-order valence-corrected chi connectivity index (χ1v) is 6.69. The topological polar surface area (TPSA) is 36.4 Å². The molecule has 0 spiro atoms. The van der Waals surface area contributed by atoms with Gasteiger partial charge < -0.3 is 10.0 Å². The van der Waals surface area contributed by atoms with Crippen molar-refractivity contribution in [2.24, 2.45) is 0 Å². The second kappa shape index (κ2) is 4.30. The third-order valence-electron chi connectivity index (χ3n) is 4.18. The highest BCUT2D eigenvalue weighted by atomic mass is 16.3. The molecule has 2 aliphatic rings. The van der Waals surface area contributed by atoms with Crippen molar-refractivity contribution < 1.29 is 5.11 Å². The van der Waals surface area contributed by atoms with Gasteiger partial charge in [-0.3, -0.25) is 4.98 Å². The SMILES string of the molecule is CCc1ccc(N2[C@@H]3CC[C@H]2C[C@H](O)C3)cn1. The molecular weight excluding hydrogens is 212 g/mol. The van der Waals surface area contributed by atoms with Crippen LogP contribution in [0.4, 0.5) is 5.69 Å². The number of piperidine rings is 1. The second-order valence-electron chi connectivity index (χ2n) is 5.28. The number of rotatable bonds is 2. The van der Waals surface area contributed by atoms with Crippen molar-refractivity contribution in [3.8, 4) is 0 Å². The fraction of sp³-hybridized carbons (Fsp3) is 0.643. The van der Waals surface area contributed by atoms with Crippen molar-refractivity contribution in [1.82, 2.24) is 4.98 Å². The molecule has 0 unspecified atom stereocenters. The van der Waals surface area contributed by atoms with Crippen LogP contribution in [0.1, 0.15) is 38.3 Å². The van der Waals surface area contributed by atoms with Gasteiger partial charge in [-0.05, 0) is 44.2 Å². The summed E-state index contributed by atoms with van der Waals surface area (Å²) in [7, 11) is 0. The average Bonchev–Trinajstić information content (AvgIpc) is 2.62. The minimum Gasteiger partial charge on any atom is -0.393 e. The van der Waals surface area contributed by atoms with E-state index in [0.29, 0.717) is 12.1 Å². The van der Waals surface area contributed by atoms with Crippen LogP contribution >= 0.6 is 0 Å². The molecule has 0 saturated carbocycles. The van der Waals surface area contributed by atoms with Crippen LogP contribution in [-0.4, -0.2) is 28.3 Å². The fourth-order valence-electron chi connectivity index (χ4n) is 3.35. The smallest absolute Gasteiger partial charge is 0.0579 e. The second-order valence-corrected chi connectivity index (χ2v) is 5.28. The Hall–Kier alpha value is -1.09. The van der Waals surface area contributed by atoms with Crippen molar-refractivity contribution in [2.75, 3.05) is 4.90 Å². The summed E-state index contributed by atoms with van der Waals surface area (Å²) in [5, 5.41) is 9.79. The Bertz CT molecular complexity index is 376. The van der Waals surface area contributed by atoms with E-state index in [-0.39, 0.29) is 6.10 Å². The molecule has 1 aromatic rings. The van der Waals surface area contributed by atoms with Crippen LogP contribution in [0.15, 0.2) is 18.3 Å². The Morgan fingerprint density at radius 3 is 2.53 bits per heavy atom. The number of hydrogen-bond acceptors (Lipinski definition) is 3. The molecule has 3 heterocycles. The molecule has 1 aromatic heterocycles. The molecule has 0 radical (unpaired) electrons. The van der Waals surface area contributed by atoms with Gasteiger partial charge in [0.15, 0.2) is 0 Å². The van der Waals surface area contributed by atoms with E-state index in [1.54, 1.807) is 0 Å². The maximum absolute atomic E-state index is 9.79. The number of anilines is 1. The first-order chi connectivity index (χ1) is 8.28. The number of aromatic nitrogens is 1. The molecular formula is C14H20N2O. The van der Waals surface area contributed by atoms with Crippen molar-refractivity contribution in [2.45, 2.75) is 57.2 Å². The van der Waals surface area contributed by atoms with E-state index in [9.17, 15) is 5.11 Å². The lowest BCUT2D eigenvalue weighted by Crippen LogP contribution is -2.44. The lowest BCUT2D eigenvalue weighted by atomic mass is 9.99. The minimum atomic E-state index is -0.0911. The monoisotopic (exact) mass is 232 g/mol. The zero-order valence-electron chi connectivity index (χ0n) is 10.3. The summed E-state index contributed by atoms with van der Waals surface area (Å²) < 4.78 is 0. The van der Waals surface area contributed by atoms with E-state index in [0.717, 1.165) is 25.0 Å². The van der Waals surface area contributed by atoms with Gasteiger partial charge in [0.1, 0.15) is 0 Å². The predicted octanol–water partition coefficient (Wildman–Crippen LogP) is 2.14. The normalized spacial score (nSPS) is 31.9. The predicted molar refractivity (Wildman–Crippen MR) is 68.1 cm³/mol. The Balaban J connectivity index is 1.84. The number of fused-ring (bicyclic) bond motifs is 2. The molecule has 3 heteroatoms. The molecule has 2 aliphatic heterocycles. The summed E-state index contributed by atoms with van der Waals surface area (Å²) in [5.41, 5.74) is 2.39. The molecule has 3 nitrogen and oxygen atoms in total. The Morgan fingerprint density at radius 1 is 1.29 bits per heavy atom. The van der Waals surface area contributed by atoms with Gasteiger partial charge in [0.05, 0.1) is 18.0 Å². The molecule has 3 rings (SSSR count). The maximum atomic E-state index is 9.79. The number of hydrogen-bond donors (Lipinski definition) is 1. The van der Waals surface area contributed by atoms with Crippen molar-refractivity contribution in [3.05, 3.63) is 24.0 Å². The van der Waals surface area contributed by atoms with Crippen LogP contribution in [-0.2, 0) is 6.42 Å². The molecule has 0 amide bonds. The van der Waals surface area contributed by atoms with Gasteiger partial charge >= 0.3 is 0 Å². The van der Waals surface area contributed by atoms with Crippen molar-refractivity contribution in [3.63, 3.8) is 0 Å². The van der Waals surface area contributed by atoms with Gasteiger partial charge in [-0.25, -0.2) is 0 Å². The lowest BCUT2D eigenvalue weighted by Gasteiger charge is -2.38. The highest BCUT2D eigenvalue weighted by Gasteiger charge is 2.40. The van der Waals surface area contributed by atoms with Gasteiger partial charge in [0, 0.05) is 17.8 Å². The number of nitrogens with zero attached hydrogens (tertiary/aromatic N) is 2. The molecule has 2 bridgehead atoms. The fourth-order valence-corrected chi connectivity index (χ4v) is 3.35. The largest absolute Gasteiger partial charge is 0.393 e. The maximum Gasteiger partial charge on any atom is 0.0579 e. The van der Waals surface area contributed by atoms with E-state index < -0.39 is 0 Å². The molecule has 0 aliphatic carbocycles. The van der Waals surface area contributed by atoms with Crippen LogP contribution in [0.25, 0.3) is 0 Å². The van der Waals surface area contributed by atoms with E-state index in [2.05, 4.69) is 28.9 Å². The van der Waals surface area contributed by atoms with E-state index >= 15 is 0 Å². The summed E-state index contributed by atoms with van der Waals surface area (Å²) in [6, 6.07) is 5.37. The van der Waals surface area contributed by atoms with Gasteiger partial charge in [0.2, 0.25) is 0 Å². The number of pyridine rings is 1. The first-order valence-electron chi connectivity index (χ1n) is 6.69. The zero-order valence-corrected chi connectivity index (χ0v) is 10.3. The van der Waals surface area contributed by atoms with Crippen LogP contribution in [0.2, 0.25) is 0 Å². The summed E-state index contributed by atoms with van der Waals surface area (Å²) in [4.78, 5) is 6.97. The molecule has 3 atom stereocenters. The lowest BCUT2D eigenvalue weighted by molar-refractivity contribution is 0.126. The molecule has 2 fully saturated rings.